The molecule has 1 heterocycles. The maximum absolute atomic E-state index is 14.2. The molecule has 1 amide bonds. The van der Waals surface area contributed by atoms with Gasteiger partial charge in [-0.15, -0.1) is 0 Å². The first-order valence-corrected chi connectivity index (χ1v) is 8.57. The fourth-order valence-electron chi connectivity index (χ4n) is 2.90. The number of halogens is 3. The molecule has 0 spiro atoms. The van der Waals surface area contributed by atoms with Crippen LogP contribution in [0.3, 0.4) is 0 Å². The molecule has 7 nitrogen and oxygen atoms in total. The maximum Gasteiger partial charge on any atom is 0.322 e. The van der Waals surface area contributed by atoms with E-state index in [-0.39, 0.29) is 33.5 Å². The Morgan fingerprint density at radius 1 is 1.21 bits per heavy atom. The van der Waals surface area contributed by atoms with Crippen molar-refractivity contribution in [2.24, 2.45) is 0 Å². The second-order valence-corrected chi connectivity index (χ2v) is 6.53. The Kier molecular flexibility index (Phi) is 5.51. The number of benzene rings is 2. The van der Waals surface area contributed by atoms with Crippen LogP contribution >= 0.6 is 11.6 Å². The summed E-state index contributed by atoms with van der Waals surface area (Å²) in [5.74, 6) is -4.77. The molecule has 0 radical (unpaired) electrons. The molecule has 0 atom stereocenters. The number of aromatic nitrogens is 1. The van der Waals surface area contributed by atoms with Gasteiger partial charge in [-0.3, -0.25) is 14.4 Å². The topological polar surface area (TPSA) is 119 Å². The summed E-state index contributed by atoms with van der Waals surface area (Å²) in [5.41, 5.74) is -1.62. The van der Waals surface area contributed by atoms with Crippen molar-refractivity contribution in [3.8, 4) is 5.75 Å². The lowest BCUT2D eigenvalue weighted by Crippen LogP contribution is -2.33. The molecule has 3 rings (SSSR count). The number of pyridine rings is 1. The van der Waals surface area contributed by atoms with Crippen molar-refractivity contribution in [3.63, 3.8) is 0 Å². The van der Waals surface area contributed by atoms with E-state index in [1.165, 1.54) is 18.2 Å². The van der Waals surface area contributed by atoms with Crippen LogP contribution in [0.1, 0.15) is 21.5 Å². The number of carbonyl (C=O) groups excluding carboxylic acids is 1. The van der Waals surface area contributed by atoms with Crippen molar-refractivity contribution in [1.82, 2.24) is 10.3 Å². The molecule has 3 aromatic rings. The molecule has 29 heavy (non-hydrogen) atoms. The molecule has 4 N–H and O–H groups in total. The van der Waals surface area contributed by atoms with Crippen LogP contribution in [-0.2, 0) is 11.2 Å². The highest BCUT2D eigenvalue weighted by Crippen LogP contribution is 2.31. The minimum Gasteiger partial charge on any atom is -0.506 e. The number of fused-ring (bicyclic) bond motifs is 1. The average molecular weight is 423 g/mol. The molecule has 0 bridgehead atoms. The zero-order chi connectivity index (χ0) is 21.3. The summed E-state index contributed by atoms with van der Waals surface area (Å²) in [7, 11) is 0. The van der Waals surface area contributed by atoms with Gasteiger partial charge in [0, 0.05) is 22.4 Å². The summed E-state index contributed by atoms with van der Waals surface area (Å²) in [4.78, 5) is 37.4. The van der Waals surface area contributed by atoms with Crippen LogP contribution in [0, 0.1) is 11.6 Å². The molecular weight excluding hydrogens is 410 g/mol. The van der Waals surface area contributed by atoms with Crippen molar-refractivity contribution < 1.29 is 28.6 Å². The van der Waals surface area contributed by atoms with Gasteiger partial charge in [0.15, 0.2) is 0 Å². The summed E-state index contributed by atoms with van der Waals surface area (Å²) < 4.78 is 28.3. The molecule has 0 aliphatic carbocycles. The van der Waals surface area contributed by atoms with Gasteiger partial charge in [-0.25, -0.2) is 8.78 Å². The number of carbonyl (C=O) groups is 2. The third-order valence-electron chi connectivity index (χ3n) is 4.20. The smallest absolute Gasteiger partial charge is 0.322 e. The molecule has 0 unspecified atom stereocenters. The number of aromatic amines is 1. The van der Waals surface area contributed by atoms with E-state index < -0.39 is 46.9 Å². The molecule has 0 saturated heterocycles. The zero-order valence-corrected chi connectivity index (χ0v) is 15.3. The lowest BCUT2D eigenvalue weighted by Gasteiger charge is -2.12. The second kappa shape index (κ2) is 7.88. The Bertz CT molecular complexity index is 1190. The van der Waals surface area contributed by atoms with Crippen LogP contribution in [0.25, 0.3) is 10.9 Å². The number of aromatic hydroxyl groups is 1. The van der Waals surface area contributed by atoms with Gasteiger partial charge in [0.1, 0.15) is 29.5 Å². The summed E-state index contributed by atoms with van der Waals surface area (Å²) in [6, 6.07) is 5.96. The fraction of sp³-hybridized carbons (Fsp3) is 0.105. The van der Waals surface area contributed by atoms with Crippen LogP contribution in [0.4, 0.5) is 8.78 Å². The monoisotopic (exact) mass is 422 g/mol. The number of carboxylic acids is 1. The summed E-state index contributed by atoms with van der Waals surface area (Å²) in [6.45, 7) is -0.782. The van der Waals surface area contributed by atoms with Crippen molar-refractivity contribution in [1.29, 1.82) is 0 Å². The fourth-order valence-corrected chi connectivity index (χ4v) is 3.13. The Morgan fingerprint density at radius 3 is 2.59 bits per heavy atom. The maximum atomic E-state index is 14.2. The quantitative estimate of drug-likeness (QED) is 0.504. The van der Waals surface area contributed by atoms with Gasteiger partial charge in [0.2, 0.25) is 0 Å². The van der Waals surface area contributed by atoms with Crippen LogP contribution in [-0.4, -0.2) is 33.6 Å². The molecular formula is C19H13ClF2N2O5. The summed E-state index contributed by atoms with van der Waals surface area (Å²) in [6.07, 6.45) is -0.195. The number of H-pyrrole nitrogens is 1. The van der Waals surface area contributed by atoms with Crippen LogP contribution in [0.5, 0.6) is 5.75 Å². The standard InChI is InChI=1S/C19H13ClF2N2O5/c20-12-2-1-3-13(22)10(12)5-8-4-9(21)6-11-16(8)24-19(29)15(17(11)27)18(28)23-7-14(25)26/h1-4,6H,5,7H2,(H,23,28)(H,25,26)(H2,24,27,29). The Labute approximate surface area is 166 Å². The number of rotatable bonds is 5. The first-order valence-electron chi connectivity index (χ1n) is 8.19. The lowest BCUT2D eigenvalue weighted by atomic mass is 9.99. The normalized spacial score (nSPS) is 10.9. The van der Waals surface area contributed by atoms with E-state index in [2.05, 4.69) is 4.98 Å². The third kappa shape index (κ3) is 4.04. The number of hydrogen-bond donors (Lipinski definition) is 4. The van der Waals surface area contributed by atoms with Crippen LogP contribution < -0.4 is 10.9 Å². The number of carboxylic acid groups (broad SMARTS) is 1. The zero-order valence-electron chi connectivity index (χ0n) is 14.6. The highest BCUT2D eigenvalue weighted by Gasteiger charge is 2.22. The average Bonchev–Trinajstić information content (AvgIpc) is 2.64. The highest BCUT2D eigenvalue weighted by atomic mass is 35.5. The summed E-state index contributed by atoms with van der Waals surface area (Å²) in [5, 5.41) is 20.9. The predicted octanol–water partition coefficient (Wildman–Crippen LogP) is 2.57. The minimum atomic E-state index is -1.36. The second-order valence-electron chi connectivity index (χ2n) is 6.12. The van der Waals surface area contributed by atoms with Gasteiger partial charge < -0.3 is 20.5 Å². The van der Waals surface area contributed by atoms with E-state index in [1.807, 2.05) is 5.32 Å². The van der Waals surface area contributed by atoms with Gasteiger partial charge in [-0.2, -0.15) is 0 Å². The Hall–Kier alpha value is -3.46. The molecule has 2 aromatic carbocycles. The van der Waals surface area contributed by atoms with Gasteiger partial charge in [0.25, 0.3) is 11.5 Å². The lowest BCUT2D eigenvalue weighted by molar-refractivity contribution is -0.135. The largest absolute Gasteiger partial charge is 0.506 e. The molecule has 0 saturated carbocycles. The van der Waals surface area contributed by atoms with E-state index in [4.69, 9.17) is 16.7 Å². The predicted molar refractivity (Wildman–Crippen MR) is 100 cm³/mol. The van der Waals surface area contributed by atoms with Crippen molar-refractivity contribution >= 4 is 34.4 Å². The molecule has 10 heteroatoms. The highest BCUT2D eigenvalue weighted by molar-refractivity contribution is 6.31. The van der Waals surface area contributed by atoms with Gasteiger partial charge in [0.05, 0.1) is 5.52 Å². The molecule has 0 fully saturated rings. The van der Waals surface area contributed by atoms with Crippen molar-refractivity contribution in [3.05, 3.63) is 74.0 Å². The minimum absolute atomic E-state index is 0.0111. The number of hydrogen-bond acceptors (Lipinski definition) is 4. The van der Waals surface area contributed by atoms with Gasteiger partial charge in [-0.05, 0) is 29.8 Å². The van der Waals surface area contributed by atoms with E-state index in [0.29, 0.717) is 0 Å². The number of nitrogens with one attached hydrogen (secondary N) is 2. The van der Waals surface area contributed by atoms with Crippen molar-refractivity contribution in [2.75, 3.05) is 6.54 Å². The van der Waals surface area contributed by atoms with E-state index in [0.717, 1.165) is 12.1 Å². The van der Waals surface area contributed by atoms with Gasteiger partial charge >= 0.3 is 5.97 Å². The van der Waals surface area contributed by atoms with E-state index in [9.17, 15) is 28.3 Å². The first kappa shape index (κ1) is 20.3. The third-order valence-corrected chi connectivity index (χ3v) is 4.55. The molecule has 0 aliphatic rings. The SMILES string of the molecule is O=C(O)CNC(=O)c1c(O)c2cc(F)cc(Cc3c(F)cccc3Cl)c2[nH]c1=O. The van der Waals surface area contributed by atoms with E-state index >= 15 is 0 Å². The summed E-state index contributed by atoms with van der Waals surface area (Å²) >= 11 is 6.00. The number of aliphatic carboxylic acids is 1. The van der Waals surface area contributed by atoms with Crippen LogP contribution in [0.15, 0.2) is 35.1 Å². The van der Waals surface area contributed by atoms with Crippen LogP contribution in [0.2, 0.25) is 5.02 Å². The Morgan fingerprint density at radius 2 is 1.93 bits per heavy atom. The van der Waals surface area contributed by atoms with E-state index in [1.54, 1.807) is 0 Å². The molecule has 150 valence electrons. The first-order chi connectivity index (χ1) is 13.7. The molecule has 1 aromatic heterocycles. The van der Waals surface area contributed by atoms with Gasteiger partial charge in [-0.1, -0.05) is 17.7 Å². The number of amides is 1. The molecule has 0 aliphatic heterocycles. The Balaban J connectivity index is 2.16. The van der Waals surface area contributed by atoms with Crippen molar-refractivity contribution in [2.45, 2.75) is 6.42 Å².